The average molecular weight is 88.1 g/mol. The van der Waals surface area contributed by atoms with Crippen LogP contribution in [0.25, 0.3) is 0 Å². The van der Waals surface area contributed by atoms with Gasteiger partial charge in [0.25, 0.3) is 6.47 Å². The summed E-state index contributed by atoms with van der Waals surface area (Å²) in [6, 6.07) is 0. The Morgan fingerprint density at radius 3 is 1.83 bits per heavy atom. The van der Waals surface area contributed by atoms with E-state index in [1.165, 1.54) is 5.94 Å². The lowest BCUT2D eigenvalue weighted by atomic mass is 11.2. The molecule has 0 atom stereocenters. The molecule has 0 aromatic carbocycles. The predicted molar refractivity (Wildman–Crippen MR) is 20.0 cm³/mol. The van der Waals surface area contributed by atoms with Crippen molar-refractivity contribution in [2.24, 2.45) is 0 Å². The van der Waals surface area contributed by atoms with Crippen LogP contribution in [0.3, 0.4) is 0 Å². The molecule has 0 spiro atoms. The Morgan fingerprint density at radius 2 is 1.83 bits per heavy atom. The maximum Gasteiger partial charge on any atom is 0.290 e. The fraction of sp³-hybridized carbons (Fsp3) is 0. The fourth-order valence-electron chi connectivity index (χ4n) is 0. The zero-order valence-corrected chi connectivity index (χ0v) is 3.05. The molecule has 0 heterocycles. The van der Waals surface area contributed by atoms with Crippen molar-refractivity contribution in [3.8, 4) is 0 Å². The Balaban J connectivity index is 0. The maximum atomic E-state index is 8.57. The maximum absolute atomic E-state index is 8.57. The summed E-state index contributed by atoms with van der Waals surface area (Å²) >= 11 is 0. The topological polar surface area (TPSA) is 54.4 Å². The first-order chi connectivity index (χ1) is 2.83. The van der Waals surface area contributed by atoms with Gasteiger partial charge in [-0.1, -0.05) is 0 Å². The molecule has 0 aliphatic heterocycles. The van der Waals surface area contributed by atoms with E-state index in [0.717, 1.165) is 0 Å². The number of carbonyl (C=O) groups is 1. The van der Waals surface area contributed by atoms with Gasteiger partial charge in [-0.15, -0.1) is 0 Å². The highest BCUT2D eigenvalue weighted by Gasteiger charge is 1.22. The molecule has 3 nitrogen and oxygen atoms in total. The molecule has 0 aliphatic rings. The van der Waals surface area contributed by atoms with Gasteiger partial charge in [0.2, 0.25) is 0 Å². The van der Waals surface area contributed by atoms with Gasteiger partial charge in [0, 0.05) is 0 Å². The van der Waals surface area contributed by atoms with Gasteiger partial charge in [-0.3, -0.25) is 4.79 Å². The van der Waals surface area contributed by atoms with Crippen LogP contribution in [0.4, 0.5) is 0 Å². The first-order valence-corrected chi connectivity index (χ1v) is 1.05. The van der Waals surface area contributed by atoms with Crippen molar-refractivity contribution in [2.45, 2.75) is 0 Å². The van der Waals surface area contributed by atoms with Crippen LogP contribution in [-0.4, -0.2) is 17.5 Å². The Morgan fingerprint density at radius 1 is 1.83 bits per heavy atom. The second-order valence-corrected chi connectivity index (χ2v) is 0.250. The van der Waals surface area contributed by atoms with Gasteiger partial charge in [-0.05, 0) is 6.58 Å². The minimum Gasteiger partial charge on any atom is -0.483 e. The molecule has 6 heavy (non-hydrogen) atoms. The summed E-state index contributed by atoms with van der Waals surface area (Å²) < 4.78 is 0. The van der Waals surface area contributed by atoms with Crippen LogP contribution in [0.2, 0.25) is 0 Å². The second-order valence-electron chi connectivity index (χ2n) is 0.250. The highest BCUT2D eigenvalue weighted by atomic mass is 16.3. The van der Waals surface area contributed by atoms with Crippen molar-refractivity contribution in [3.05, 3.63) is 6.58 Å². The van der Waals surface area contributed by atoms with E-state index >= 15 is 0 Å². The zero-order valence-electron chi connectivity index (χ0n) is 3.05. The molecule has 3 heteroatoms. The van der Waals surface area contributed by atoms with Crippen LogP contribution < -0.4 is 0 Å². The van der Waals surface area contributed by atoms with Gasteiger partial charge in [-0.25, -0.2) is 4.79 Å². The quantitative estimate of drug-likeness (QED) is 0.327. The summed E-state index contributed by atoms with van der Waals surface area (Å²) in [7, 11) is 0. The van der Waals surface area contributed by atoms with Crippen molar-refractivity contribution in [2.75, 3.05) is 0 Å². The molecule has 0 aromatic rings. The van der Waals surface area contributed by atoms with Crippen molar-refractivity contribution in [3.63, 3.8) is 0 Å². The van der Waals surface area contributed by atoms with E-state index in [4.69, 9.17) is 14.7 Å². The number of carbonyl (C=O) groups excluding carboxylic acids is 1. The highest BCUT2D eigenvalue weighted by molar-refractivity contribution is 5.38. The Kier molecular flexibility index (Phi) is 58.4. The van der Waals surface area contributed by atoms with E-state index in [1.54, 1.807) is 0 Å². The molecule has 0 saturated carbocycles. The predicted octanol–water partition coefficient (Wildman–Crippen LogP) is -0.295. The van der Waals surface area contributed by atoms with E-state index in [2.05, 4.69) is 6.58 Å². The molecular weight excluding hydrogens is 84.0 g/mol. The minimum atomic E-state index is -0.250. The molecule has 1 N–H and O–H groups in total. The second kappa shape index (κ2) is 39.5. The van der Waals surface area contributed by atoms with E-state index in [-0.39, 0.29) is 6.47 Å². The lowest BCUT2D eigenvalue weighted by Crippen LogP contribution is -1.49. The van der Waals surface area contributed by atoms with Gasteiger partial charge in [0.1, 0.15) is 5.94 Å². The van der Waals surface area contributed by atoms with Crippen molar-refractivity contribution >= 4 is 12.4 Å². The molecule has 0 amide bonds. The standard InChI is InChI=1S/C2H2O.CH2O2/c1-2-3;2-1-3/h1H2;1H,(H,2,3). The minimum absolute atomic E-state index is 0.250. The third-order valence-electron chi connectivity index (χ3n) is 0. The Hall–Kier alpha value is -1.08. The number of hydrogen-bond acceptors (Lipinski definition) is 2. The third-order valence-corrected chi connectivity index (χ3v) is 0. The molecular formula is C3H4O3. The summed E-state index contributed by atoms with van der Waals surface area (Å²) in [6.45, 7) is 2.43. The third kappa shape index (κ3) is 9.23. The first kappa shape index (κ1) is 8.87. The van der Waals surface area contributed by atoms with E-state index in [9.17, 15) is 0 Å². The summed E-state index contributed by atoms with van der Waals surface area (Å²) in [6.07, 6.45) is 0. The van der Waals surface area contributed by atoms with Crippen LogP contribution in [-0.2, 0) is 9.59 Å². The van der Waals surface area contributed by atoms with Crippen LogP contribution >= 0.6 is 0 Å². The Bertz CT molecular complexity index is 51.1. The molecule has 0 radical (unpaired) electrons. The number of rotatable bonds is 0. The first-order valence-electron chi connectivity index (χ1n) is 1.05. The molecule has 0 aliphatic carbocycles. The lowest BCUT2D eigenvalue weighted by molar-refractivity contribution is -0.122. The highest BCUT2D eigenvalue weighted by Crippen LogP contribution is 0.966. The molecule has 0 aromatic heterocycles. The summed E-state index contributed by atoms with van der Waals surface area (Å²) in [5, 5.41) is 6.89. The lowest BCUT2D eigenvalue weighted by Gasteiger charge is -1.34. The molecule has 0 saturated heterocycles. The summed E-state index contributed by atoms with van der Waals surface area (Å²) in [5.74, 6) is 1.25. The Labute approximate surface area is 34.9 Å². The zero-order chi connectivity index (χ0) is 5.41. The smallest absolute Gasteiger partial charge is 0.290 e. The van der Waals surface area contributed by atoms with Crippen molar-refractivity contribution in [1.82, 2.24) is 0 Å². The molecule has 0 fully saturated rings. The monoisotopic (exact) mass is 88.0 g/mol. The van der Waals surface area contributed by atoms with Gasteiger partial charge in [0.05, 0.1) is 0 Å². The van der Waals surface area contributed by atoms with E-state index in [1.807, 2.05) is 0 Å². The molecule has 0 rings (SSSR count). The number of carboxylic acid groups (broad SMARTS) is 1. The van der Waals surface area contributed by atoms with Crippen molar-refractivity contribution < 1.29 is 14.7 Å². The van der Waals surface area contributed by atoms with Crippen LogP contribution in [0.1, 0.15) is 0 Å². The normalized spacial score (nSPS) is 3.33. The van der Waals surface area contributed by atoms with Crippen LogP contribution in [0, 0.1) is 0 Å². The molecule has 34 valence electrons. The fourth-order valence-corrected chi connectivity index (χ4v) is 0. The average Bonchev–Trinajstić information content (AvgIpc) is 1.39. The SMILES string of the molecule is C=C=O.O=CO. The van der Waals surface area contributed by atoms with E-state index < -0.39 is 0 Å². The summed E-state index contributed by atoms with van der Waals surface area (Å²) in [4.78, 5) is 16.9. The van der Waals surface area contributed by atoms with E-state index in [0.29, 0.717) is 0 Å². The van der Waals surface area contributed by atoms with Crippen LogP contribution in [0.5, 0.6) is 0 Å². The summed E-state index contributed by atoms with van der Waals surface area (Å²) in [5.41, 5.74) is 0. The van der Waals surface area contributed by atoms with Gasteiger partial charge in [0.15, 0.2) is 0 Å². The molecule has 0 unspecified atom stereocenters. The van der Waals surface area contributed by atoms with Gasteiger partial charge in [-0.2, -0.15) is 0 Å². The largest absolute Gasteiger partial charge is 0.483 e. The van der Waals surface area contributed by atoms with Gasteiger partial charge >= 0.3 is 0 Å². The van der Waals surface area contributed by atoms with Crippen molar-refractivity contribution in [1.29, 1.82) is 0 Å². The number of hydrogen-bond donors (Lipinski definition) is 1. The van der Waals surface area contributed by atoms with Gasteiger partial charge < -0.3 is 5.11 Å². The molecule has 0 bridgehead atoms. The van der Waals surface area contributed by atoms with Crippen LogP contribution in [0.15, 0.2) is 6.58 Å².